The van der Waals surface area contributed by atoms with Gasteiger partial charge in [0.15, 0.2) is 0 Å². The Morgan fingerprint density at radius 3 is 2.67 bits per heavy atom. The number of carbonyl (C=O) groups is 1. The second kappa shape index (κ2) is 4.73. The van der Waals surface area contributed by atoms with Crippen molar-refractivity contribution in [2.45, 2.75) is 45.1 Å². The number of amides is 1. The molecule has 2 nitrogen and oxygen atoms in total. The Kier molecular flexibility index (Phi) is 3.83. The van der Waals surface area contributed by atoms with Crippen molar-refractivity contribution < 1.29 is 13.6 Å². The van der Waals surface area contributed by atoms with Gasteiger partial charge in [-0.05, 0) is 26.2 Å². The third-order valence-corrected chi connectivity index (χ3v) is 2.76. The fraction of sp³-hybridized carbons (Fsp3) is 0.727. The van der Waals surface area contributed by atoms with Crippen LogP contribution in [0.25, 0.3) is 0 Å². The Bertz CT molecular complexity index is 258. The first-order valence-corrected chi connectivity index (χ1v) is 5.24. The van der Waals surface area contributed by atoms with E-state index in [1.807, 2.05) is 12.2 Å². The average molecular weight is 217 g/mol. The highest BCUT2D eigenvalue weighted by Crippen LogP contribution is 2.21. The van der Waals surface area contributed by atoms with Crippen molar-refractivity contribution in [1.82, 2.24) is 5.32 Å². The van der Waals surface area contributed by atoms with E-state index in [1.54, 1.807) is 0 Å². The number of allylic oxidation sites excluding steroid dienone is 2. The molecular weight excluding hydrogens is 200 g/mol. The number of halogens is 2. The van der Waals surface area contributed by atoms with E-state index in [1.165, 1.54) is 6.92 Å². The fourth-order valence-corrected chi connectivity index (χ4v) is 1.49. The van der Waals surface area contributed by atoms with Crippen LogP contribution in [0.1, 0.15) is 33.1 Å². The third kappa shape index (κ3) is 3.61. The summed E-state index contributed by atoms with van der Waals surface area (Å²) in [6.45, 7) is 2.15. The molecule has 1 amide bonds. The zero-order valence-corrected chi connectivity index (χ0v) is 9.09. The molecule has 0 spiro atoms. The van der Waals surface area contributed by atoms with Gasteiger partial charge in [-0.15, -0.1) is 0 Å². The van der Waals surface area contributed by atoms with Crippen LogP contribution < -0.4 is 5.32 Å². The van der Waals surface area contributed by atoms with Crippen molar-refractivity contribution in [3.63, 3.8) is 0 Å². The Labute approximate surface area is 88.7 Å². The molecule has 0 aromatic rings. The molecule has 1 aliphatic rings. The lowest BCUT2D eigenvalue weighted by atomic mass is 9.93. The van der Waals surface area contributed by atoms with Crippen LogP contribution in [0.2, 0.25) is 0 Å². The minimum atomic E-state index is -2.86. The van der Waals surface area contributed by atoms with Gasteiger partial charge in [-0.25, -0.2) is 8.78 Å². The van der Waals surface area contributed by atoms with E-state index in [0.29, 0.717) is 6.42 Å². The second-order valence-corrected chi connectivity index (χ2v) is 4.17. The smallest absolute Gasteiger partial charge is 0.264 e. The van der Waals surface area contributed by atoms with Crippen molar-refractivity contribution in [2.24, 2.45) is 5.92 Å². The first kappa shape index (κ1) is 12.1. The largest absolute Gasteiger partial charge is 0.347 e. The molecule has 15 heavy (non-hydrogen) atoms. The Hall–Kier alpha value is -0.930. The summed E-state index contributed by atoms with van der Waals surface area (Å²) in [5, 5.41) is 2.37. The lowest BCUT2D eigenvalue weighted by Gasteiger charge is -2.24. The molecule has 0 fully saturated rings. The predicted molar refractivity (Wildman–Crippen MR) is 54.7 cm³/mol. The summed E-state index contributed by atoms with van der Waals surface area (Å²) in [6.07, 6.45) is 6.22. The highest BCUT2D eigenvalue weighted by atomic mass is 19.3. The summed E-state index contributed by atoms with van der Waals surface area (Å²) in [5.41, 5.74) is 0. The average Bonchev–Trinajstić information content (AvgIpc) is 2.17. The number of rotatable bonds is 3. The molecule has 1 rings (SSSR count). The fourth-order valence-electron chi connectivity index (χ4n) is 1.49. The van der Waals surface area contributed by atoms with Crippen LogP contribution in [0.3, 0.4) is 0 Å². The molecule has 1 aliphatic carbocycles. The number of carbonyl (C=O) groups excluding carboxylic acids is 1. The van der Waals surface area contributed by atoms with Gasteiger partial charge in [0.25, 0.3) is 5.92 Å². The predicted octanol–water partition coefficient (Wildman–Crippen LogP) is 2.50. The minimum absolute atomic E-state index is 0.139. The topological polar surface area (TPSA) is 29.1 Å². The summed E-state index contributed by atoms with van der Waals surface area (Å²) in [4.78, 5) is 11.6. The number of hydrogen-bond acceptors (Lipinski definition) is 1. The van der Waals surface area contributed by atoms with Gasteiger partial charge in [0, 0.05) is 12.8 Å². The Balaban J connectivity index is 2.45. The van der Waals surface area contributed by atoms with Crippen LogP contribution in [-0.2, 0) is 4.79 Å². The Morgan fingerprint density at radius 1 is 1.53 bits per heavy atom. The summed E-state index contributed by atoms with van der Waals surface area (Å²) in [7, 11) is 0. The summed E-state index contributed by atoms with van der Waals surface area (Å²) < 4.78 is 25.6. The molecule has 0 unspecified atom stereocenters. The second-order valence-electron chi connectivity index (χ2n) is 4.17. The van der Waals surface area contributed by atoms with Crippen LogP contribution in [0.15, 0.2) is 12.2 Å². The number of alkyl halides is 2. The SMILES string of the molecule is C[C@H](NC(=O)[C@H]1CC=CCC1)C(C)(F)F. The highest BCUT2D eigenvalue weighted by molar-refractivity contribution is 5.79. The standard InChI is InChI=1S/C11H17F2NO/c1-8(11(2,12)13)14-10(15)9-6-4-3-5-7-9/h3-4,8-9H,5-7H2,1-2H3,(H,14,15)/t8-,9-/m0/s1. The monoisotopic (exact) mass is 217 g/mol. The zero-order valence-electron chi connectivity index (χ0n) is 9.09. The lowest BCUT2D eigenvalue weighted by Crippen LogP contribution is -2.46. The van der Waals surface area contributed by atoms with Crippen LogP contribution in [-0.4, -0.2) is 17.9 Å². The molecule has 2 atom stereocenters. The molecule has 0 heterocycles. The molecule has 1 N–H and O–H groups in total. The summed E-state index contributed by atoms with van der Waals surface area (Å²) in [5.74, 6) is -3.26. The molecule has 0 aliphatic heterocycles. The molecule has 4 heteroatoms. The quantitative estimate of drug-likeness (QED) is 0.723. The van der Waals surface area contributed by atoms with E-state index in [9.17, 15) is 13.6 Å². The lowest BCUT2D eigenvalue weighted by molar-refractivity contribution is -0.128. The van der Waals surface area contributed by atoms with E-state index in [2.05, 4.69) is 5.32 Å². The van der Waals surface area contributed by atoms with Crippen molar-refractivity contribution in [3.05, 3.63) is 12.2 Å². The van der Waals surface area contributed by atoms with Gasteiger partial charge in [-0.3, -0.25) is 4.79 Å². The summed E-state index contributed by atoms with van der Waals surface area (Å²) >= 11 is 0. The van der Waals surface area contributed by atoms with Gasteiger partial charge >= 0.3 is 0 Å². The normalized spacial score (nSPS) is 23.6. The van der Waals surface area contributed by atoms with Gasteiger partial charge in [0.2, 0.25) is 5.91 Å². The van der Waals surface area contributed by atoms with Crippen LogP contribution in [0.4, 0.5) is 8.78 Å². The number of nitrogens with one attached hydrogen (secondary N) is 1. The third-order valence-electron chi connectivity index (χ3n) is 2.76. The molecule has 0 saturated heterocycles. The van der Waals surface area contributed by atoms with Crippen molar-refractivity contribution in [3.8, 4) is 0 Å². The van der Waals surface area contributed by atoms with Gasteiger partial charge < -0.3 is 5.32 Å². The Morgan fingerprint density at radius 2 is 2.20 bits per heavy atom. The molecule has 0 saturated carbocycles. The van der Waals surface area contributed by atoms with Crippen LogP contribution in [0.5, 0.6) is 0 Å². The number of hydrogen-bond donors (Lipinski definition) is 1. The first-order valence-electron chi connectivity index (χ1n) is 5.24. The molecule has 0 aromatic carbocycles. The van der Waals surface area contributed by atoms with Crippen molar-refractivity contribution in [1.29, 1.82) is 0 Å². The van der Waals surface area contributed by atoms with Crippen LogP contribution in [0, 0.1) is 5.92 Å². The maximum atomic E-state index is 12.8. The van der Waals surface area contributed by atoms with Gasteiger partial charge in [0.1, 0.15) is 0 Å². The van der Waals surface area contributed by atoms with Crippen LogP contribution >= 0.6 is 0 Å². The molecule has 0 aromatic heterocycles. The molecule has 86 valence electrons. The first-order chi connectivity index (χ1) is 6.91. The van der Waals surface area contributed by atoms with E-state index >= 15 is 0 Å². The minimum Gasteiger partial charge on any atom is -0.347 e. The zero-order chi connectivity index (χ0) is 11.5. The van der Waals surface area contributed by atoms with E-state index in [4.69, 9.17) is 0 Å². The summed E-state index contributed by atoms with van der Waals surface area (Å²) in [6, 6.07) is -1.10. The van der Waals surface area contributed by atoms with Crippen molar-refractivity contribution >= 4 is 5.91 Å². The van der Waals surface area contributed by atoms with E-state index in [-0.39, 0.29) is 11.8 Å². The van der Waals surface area contributed by atoms with E-state index < -0.39 is 12.0 Å². The molecule has 0 radical (unpaired) electrons. The van der Waals surface area contributed by atoms with E-state index in [0.717, 1.165) is 19.8 Å². The van der Waals surface area contributed by atoms with Gasteiger partial charge in [0.05, 0.1) is 6.04 Å². The molecule has 0 bridgehead atoms. The highest BCUT2D eigenvalue weighted by Gasteiger charge is 2.32. The van der Waals surface area contributed by atoms with Gasteiger partial charge in [-0.1, -0.05) is 12.2 Å². The van der Waals surface area contributed by atoms with Crippen molar-refractivity contribution in [2.75, 3.05) is 0 Å². The maximum Gasteiger partial charge on any atom is 0.264 e. The van der Waals surface area contributed by atoms with Gasteiger partial charge in [-0.2, -0.15) is 0 Å². The molecular formula is C11H17F2NO. The maximum absolute atomic E-state index is 12.8.